The third-order valence-corrected chi connectivity index (χ3v) is 9.10. The monoisotopic (exact) mass is 370 g/mol. The van der Waals surface area contributed by atoms with E-state index in [4.69, 9.17) is 8.74 Å². The van der Waals surface area contributed by atoms with E-state index in [1.54, 1.807) is 0 Å². The van der Waals surface area contributed by atoms with Gasteiger partial charge in [-0.05, 0) is 80.5 Å². The highest BCUT2D eigenvalue weighted by Gasteiger charge is 2.60. The Labute approximate surface area is 150 Å². The molecule has 0 radical (unpaired) electrons. The van der Waals surface area contributed by atoms with E-state index in [1.165, 1.54) is 0 Å². The van der Waals surface area contributed by atoms with Gasteiger partial charge in [0.2, 0.25) is 0 Å². The van der Waals surface area contributed by atoms with Crippen LogP contribution in [0.1, 0.15) is 71.6 Å². The summed E-state index contributed by atoms with van der Waals surface area (Å²) in [5, 5.41) is 0. The van der Waals surface area contributed by atoms with E-state index in [-0.39, 0.29) is 16.9 Å². The molecule has 0 heterocycles. The fraction of sp³-hybridized carbons (Fsp3) is 0.947. The highest BCUT2D eigenvalue weighted by atomic mass is 32.3. The predicted molar refractivity (Wildman–Crippen MR) is 93.2 cm³/mol. The van der Waals surface area contributed by atoms with Crippen molar-refractivity contribution in [2.24, 2.45) is 34.5 Å². The molecule has 5 nitrogen and oxygen atoms in total. The van der Waals surface area contributed by atoms with Crippen molar-refractivity contribution >= 4 is 16.2 Å². The molecule has 4 saturated carbocycles. The van der Waals surface area contributed by atoms with Crippen LogP contribution in [0, 0.1) is 34.5 Å². The van der Waals surface area contributed by atoms with Gasteiger partial charge < -0.3 is 0 Å². The molecule has 142 valence electrons. The van der Waals surface area contributed by atoms with Gasteiger partial charge in [0.15, 0.2) is 0 Å². The van der Waals surface area contributed by atoms with Gasteiger partial charge in [0.05, 0.1) is 6.10 Å². The van der Waals surface area contributed by atoms with Crippen molar-refractivity contribution in [3.05, 3.63) is 0 Å². The number of ketones is 1. The Morgan fingerprint density at radius 3 is 2.52 bits per heavy atom. The molecule has 0 aromatic rings. The molecule has 0 amide bonds. The van der Waals surface area contributed by atoms with Crippen molar-refractivity contribution in [3.8, 4) is 0 Å². The molecule has 0 aliphatic heterocycles. The zero-order chi connectivity index (χ0) is 18.0. The fourth-order valence-corrected chi connectivity index (χ4v) is 7.77. The molecule has 4 rings (SSSR count). The molecular weight excluding hydrogens is 340 g/mol. The fourth-order valence-electron chi connectivity index (χ4n) is 7.25. The van der Waals surface area contributed by atoms with Gasteiger partial charge in [0.25, 0.3) is 0 Å². The molecule has 1 N–H and O–H groups in total. The highest BCUT2D eigenvalue weighted by molar-refractivity contribution is 7.80. The first-order chi connectivity index (χ1) is 11.6. The summed E-state index contributed by atoms with van der Waals surface area (Å²) in [5.74, 6) is 2.76. The van der Waals surface area contributed by atoms with Crippen molar-refractivity contribution < 1.29 is 21.9 Å². The van der Waals surface area contributed by atoms with E-state index in [2.05, 4.69) is 13.8 Å². The van der Waals surface area contributed by atoms with Crippen LogP contribution in [0.2, 0.25) is 0 Å². The lowest BCUT2D eigenvalue weighted by Gasteiger charge is -2.60. The number of Topliss-reactive ketones (excluding diaryl/α,β-unsaturated/α-hetero) is 1. The van der Waals surface area contributed by atoms with Gasteiger partial charge in [-0.3, -0.25) is 9.35 Å². The second-order valence-electron chi connectivity index (χ2n) is 9.50. The molecule has 0 aromatic carbocycles. The number of hydrogen-bond acceptors (Lipinski definition) is 4. The number of carbonyl (C=O) groups is 1. The lowest BCUT2D eigenvalue weighted by atomic mass is 9.45. The van der Waals surface area contributed by atoms with Crippen LogP contribution < -0.4 is 0 Å². The summed E-state index contributed by atoms with van der Waals surface area (Å²) in [6.07, 6.45) is 8.19. The first-order valence-corrected chi connectivity index (χ1v) is 11.2. The number of fused-ring (bicyclic) bond motifs is 5. The molecule has 0 saturated heterocycles. The number of carbonyl (C=O) groups excluding carboxylic acids is 1. The van der Waals surface area contributed by atoms with Crippen LogP contribution in [0.5, 0.6) is 0 Å². The van der Waals surface area contributed by atoms with Crippen LogP contribution in [0.4, 0.5) is 0 Å². The number of rotatable bonds is 2. The summed E-state index contributed by atoms with van der Waals surface area (Å²) in [4.78, 5) is 12.4. The topological polar surface area (TPSA) is 80.7 Å². The van der Waals surface area contributed by atoms with E-state index >= 15 is 0 Å². The summed E-state index contributed by atoms with van der Waals surface area (Å²) in [6.45, 7) is 4.59. The van der Waals surface area contributed by atoms with Gasteiger partial charge >= 0.3 is 10.4 Å². The maximum absolute atomic E-state index is 12.4. The van der Waals surface area contributed by atoms with E-state index in [9.17, 15) is 13.2 Å². The third-order valence-electron chi connectivity index (χ3n) is 8.58. The lowest BCUT2D eigenvalue weighted by Crippen LogP contribution is -2.54. The van der Waals surface area contributed by atoms with Gasteiger partial charge in [-0.15, -0.1) is 0 Å². The standard InChI is InChI=1S/C19H30O5S/c1-18-9-7-13(24-25(21,22)23)11-12(18)3-4-14-15-5-6-17(20)19(15,2)10-8-16(14)18/h12-16H,3-11H2,1-2H3,(H,21,22,23)/t12-,13-,14?,15?,16?,18+,19+/m1/s1. The Morgan fingerprint density at radius 1 is 1.04 bits per heavy atom. The minimum absolute atomic E-state index is 0.0877. The first-order valence-electron chi connectivity index (χ1n) is 9.82. The largest absolute Gasteiger partial charge is 0.397 e. The van der Waals surface area contributed by atoms with Gasteiger partial charge in [0, 0.05) is 11.8 Å². The van der Waals surface area contributed by atoms with Crippen molar-refractivity contribution in [2.75, 3.05) is 0 Å². The molecule has 0 aromatic heterocycles. The molecule has 0 spiro atoms. The minimum Gasteiger partial charge on any atom is -0.299 e. The van der Waals surface area contributed by atoms with Crippen LogP contribution in [-0.4, -0.2) is 24.9 Å². The molecule has 6 heteroatoms. The van der Waals surface area contributed by atoms with Crippen molar-refractivity contribution in [1.29, 1.82) is 0 Å². The minimum atomic E-state index is -4.37. The quantitative estimate of drug-likeness (QED) is 0.748. The lowest BCUT2D eigenvalue weighted by molar-refractivity contribution is -0.141. The predicted octanol–water partition coefficient (Wildman–Crippen LogP) is 3.79. The van der Waals surface area contributed by atoms with E-state index < -0.39 is 10.4 Å². The Bertz CT molecular complexity index is 673. The van der Waals surface area contributed by atoms with Gasteiger partial charge in [-0.25, -0.2) is 4.18 Å². The SMILES string of the molecule is C[C@]12CCC3C(CC[C@@H]4C[C@H](OS(=O)(=O)O)CC[C@]34C)C1CCC2=O. The average molecular weight is 371 g/mol. The van der Waals surface area contributed by atoms with Crippen molar-refractivity contribution in [2.45, 2.75) is 77.7 Å². The Balaban J connectivity index is 1.54. The Hall–Kier alpha value is -0.460. The van der Waals surface area contributed by atoms with E-state index in [0.717, 1.165) is 51.4 Å². The van der Waals surface area contributed by atoms with Crippen molar-refractivity contribution in [1.82, 2.24) is 0 Å². The third kappa shape index (κ3) is 2.79. The van der Waals surface area contributed by atoms with E-state index in [1.807, 2.05) is 0 Å². The smallest absolute Gasteiger partial charge is 0.299 e. The summed E-state index contributed by atoms with van der Waals surface area (Å²) in [7, 11) is -4.37. The van der Waals surface area contributed by atoms with Crippen LogP contribution >= 0.6 is 0 Å². The van der Waals surface area contributed by atoms with E-state index in [0.29, 0.717) is 35.9 Å². The maximum atomic E-state index is 12.4. The zero-order valence-electron chi connectivity index (χ0n) is 15.2. The summed E-state index contributed by atoms with van der Waals surface area (Å²) in [6, 6.07) is 0. The van der Waals surface area contributed by atoms with Crippen LogP contribution in [-0.2, 0) is 19.4 Å². The van der Waals surface area contributed by atoms with Crippen molar-refractivity contribution in [3.63, 3.8) is 0 Å². The highest BCUT2D eigenvalue weighted by Crippen LogP contribution is 2.65. The van der Waals surface area contributed by atoms with Gasteiger partial charge in [0.1, 0.15) is 5.78 Å². The molecule has 25 heavy (non-hydrogen) atoms. The second kappa shape index (κ2) is 5.77. The second-order valence-corrected chi connectivity index (χ2v) is 10.5. The Kier molecular flexibility index (Phi) is 4.14. The Morgan fingerprint density at radius 2 is 1.80 bits per heavy atom. The van der Waals surface area contributed by atoms with Crippen LogP contribution in [0.15, 0.2) is 0 Å². The molecule has 0 bridgehead atoms. The summed E-state index contributed by atoms with van der Waals surface area (Å²) < 4.78 is 36.0. The van der Waals surface area contributed by atoms with Gasteiger partial charge in [-0.1, -0.05) is 13.8 Å². The molecular formula is C19H30O5S. The molecule has 4 aliphatic rings. The summed E-state index contributed by atoms with van der Waals surface area (Å²) >= 11 is 0. The molecule has 4 aliphatic carbocycles. The zero-order valence-corrected chi connectivity index (χ0v) is 16.1. The van der Waals surface area contributed by atoms with Gasteiger partial charge in [-0.2, -0.15) is 8.42 Å². The first kappa shape index (κ1) is 17.9. The molecule has 3 unspecified atom stereocenters. The molecule has 7 atom stereocenters. The average Bonchev–Trinajstić information content (AvgIpc) is 2.82. The summed E-state index contributed by atoms with van der Waals surface area (Å²) in [5.41, 5.74) is 0.130. The normalized spacial score (nSPS) is 50.0. The van der Waals surface area contributed by atoms with Crippen LogP contribution in [0.3, 0.4) is 0 Å². The molecule has 4 fully saturated rings. The van der Waals surface area contributed by atoms with Crippen LogP contribution in [0.25, 0.3) is 0 Å². The maximum Gasteiger partial charge on any atom is 0.397 e. The number of hydrogen-bond donors (Lipinski definition) is 1.